The Labute approximate surface area is 204 Å². The third-order valence-corrected chi connectivity index (χ3v) is 3.80. The van der Waals surface area contributed by atoms with E-state index >= 15 is 0 Å². The van der Waals surface area contributed by atoms with E-state index in [2.05, 4.69) is 28.8 Å². The van der Waals surface area contributed by atoms with Gasteiger partial charge in [0, 0.05) is 30.7 Å². The van der Waals surface area contributed by atoms with Gasteiger partial charge in [-0.3, -0.25) is 15.0 Å². The molecule has 2 atom stereocenters. The lowest BCUT2D eigenvalue weighted by Crippen LogP contribution is -2.21. The van der Waals surface area contributed by atoms with E-state index in [-0.39, 0.29) is 6.04 Å². The summed E-state index contributed by atoms with van der Waals surface area (Å²) in [5, 5.41) is 0. The first-order valence-electron chi connectivity index (χ1n) is 12.2. The van der Waals surface area contributed by atoms with Crippen molar-refractivity contribution in [3.8, 4) is 11.4 Å². The van der Waals surface area contributed by atoms with Crippen LogP contribution in [0, 0.1) is 5.92 Å². The molecule has 0 spiro atoms. The summed E-state index contributed by atoms with van der Waals surface area (Å²) in [5.41, 5.74) is 13.8. The molecular weight excluding hydrogens is 406 g/mol. The predicted molar refractivity (Wildman–Crippen MR) is 147 cm³/mol. The van der Waals surface area contributed by atoms with Crippen molar-refractivity contribution in [1.29, 1.82) is 0 Å². The molecule has 186 valence electrons. The van der Waals surface area contributed by atoms with E-state index in [0.29, 0.717) is 12.0 Å². The van der Waals surface area contributed by atoms with Gasteiger partial charge >= 0.3 is 0 Å². The van der Waals surface area contributed by atoms with Gasteiger partial charge in [-0.1, -0.05) is 73.6 Å². The van der Waals surface area contributed by atoms with Gasteiger partial charge in [0.2, 0.25) is 0 Å². The summed E-state index contributed by atoms with van der Waals surface area (Å²) >= 11 is 0. The number of rotatable bonds is 3. The zero-order chi connectivity index (χ0) is 26.1. The largest absolute Gasteiger partial charge is 0.328 e. The molecule has 3 heterocycles. The van der Waals surface area contributed by atoms with E-state index in [1.807, 2.05) is 110 Å². The Morgan fingerprint density at radius 3 is 1.06 bits per heavy atom. The highest BCUT2D eigenvalue weighted by molar-refractivity contribution is 5.52. The van der Waals surface area contributed by atoms with Crippen molar-refractivity contribution in [1.82, 2.24) is 15.0 Å². The second kappa shape index (κ2) is 25.6. The SMILES string of the molecule is CC.CC.CC.CC(C)C(C)N.CC(N)c1ccccn1.c1ccc(-c2ccccn2)nc1. The Balaban J connectivity index is -0.000000383. The average molecular weight is 456 g/mol. The average Bonchev–Trinajstić information content (AvgIpc) is 2.90. The summed E-state index contributed by atoms with van der Waals surface area (Å²) in [6.45, 7) is 20.2. The van der Waals surface area contributed by atoms with Crippen LogP contribution in [-0.4, -0.2) is 21.0 Å². The lowest BCUT2D eigenvalue weighted by atomic mass is 10.1. The molecule has 5 nitrogen and oxygen atoms in total. The first kappa shape index (κ1) is 35.0. The molecule has 4 N–H and O–H groups in total. The highest BCUT2D eigenvalue weighted by Gasteiger charge is 1.97. The van der Waals surface area contributed by atoms with E-state index in [1.165, 1.54) is 0 Å². The first-order chi connectivity index (χ1) is 15.9. The number of nitrogens with two attached hydrogens (primary N) is 2. The highest BCUT2D eigenvalue weighted by atomic mass is 14.8. The molecule has 0 aliphatic heterocycles. The molecule has 0 aliphatic rings. The molecule has 0 aliphatic carbocycles. The van der Waals surface area contributed by atoms with E-state index in [9.17, 15) is 0 Å². The maximum atomic E-state index is 5.55. The minimum absolute atomic E-state index is 0.0474. The summed E-state index contributed by atoms with van der Waals surface area (Å²) in [6.07, 6.45) is 5.28. The fourth-order valence-corrected chi connectivity index (χ4v) is 1.67. The van der Waals surface area contributed by atoms with Gasteiger partial charge < -0.3 is 11.5 Å². The molecule has 0 saturated heterocycles. The predicted octanol–water partition coefficient (Wildman–Crippen LogP) is 7.31. The Kier molecular flexibility index (Phi) is 27.2. The smallest absolute Gasteiger partial charge is 0.0886 e. The van der Waals surface area contributed by atoms with Crippen LogP contribution in [-0.2, 0) is 0 Å². The van der Waals surface area contributed by atoms with Crippen molar-refractivity contribution in [2.24, 2.45) is 17.4 Å². The topological polar surface area (TPSA) is 90.7 Å². The third-order valence-electron chi connectivity index (χ3n) is 3.80. The van der Waals surface area contributed by atoms with Gasteiger partial charge in [-0.15, -0.1) is 0 Å². The van der Waals surface area contributed by atoms with Crippen LogP contribution >= 0.6 is 0 Å². The number of pyridine rings is 3. The third kappa shape index (κ3) is 19.8. The lowest BCUT2D eigenvalue weighted by Gasteiger charge is -2.05. The van der Waals surface area contributed by atoms with Crippen molar-refractivity contribution in [3.05, 3.63) is 78.9 Å². The van der Waals surface area contributed by atoms with Crippen molar-refractivity contribution in [2.75, 3.05) is 0 Å². The van der Waals surface area contributed by atoms with Crippen LogP contribution in [0.4, 0.5) is 0 Å². The quantitative estimate of drug-likeness (QED) is 0.432. The van der Waals surface area contributed by atoms with Crippen LogP contribution in [0.25, 0.3) is 11.4 Å². The van der Waals surface area contributed by atoms with Gasteiger partial charge in [0.15, 0.2) is 0 Å². The lowest BCUT2D eigenvalue weighted by molar-refractivity contribution is 0.529. The molecule has 0 aromatic carbocycles. The minimum atomic E-state index is 0.0474. The van der Waals surface area contributed by atoms with Gasteiger partial charge in [0.1, 0.15) is 0 Å². The summed E-state index contributed by atoms with van der Waals surface area (Å²) < 4.78 is 0. The number of hydrogen-bond acceptors (Lipinski definition) is 5. The van der Waals surface area contributed by atoms with Gasteiger partial charge in [-0.2, -0.15) is 0 Å². The molecule has 0 bridgehead atoms. The second-order valence-corrected chi connectivity index (χ2v) is 6.58. The number of hydrogen-bond donors (Lipinski definition) is 2. The van der Waals surface area contributed by atoms with E-state index in [4.69, 9.17) is 11.5 Å². The molecule has 3 aromatic rings. The maximum Gasteiger partial charge on any atom is 0.0886 e. The second-order valence-electron chi connectivity index (χ2n) is 6.58. The van der Waals surface area contributed by atoms with E-state index in [0.717, 1.165) is 17.1 Å². The summed E-state index contributed by atoms with van der Waals surface area (Å²) in [4.78, 5) is 12.4. The summed E-state index contributed by atoms with van der Waals surface area (Å²) in [7, 11) is 0. The highest BCUT2D eigenvalue weighted by Crippen LogP contribution is 2.10. The Bertz CT molecular complexity index is 672. The van der Waals surface area contributed by atoms with Crippen molar-refractivity contribution in [2.45, 2.75) is 81.3 Å². The normalized spacial score (nSPS) is 10.5. The van der Waals surface area contributed by atoms with Gasteiger partial charge in [-0.25, -0.2) is 0 Å². The standard InChI is InChI=1S/C10H8N2.C7H10N2.C5H13N.3C2H6/c1-3-7-11-9(5-1)10-6-2-4-8-12-10;1-6(8)7-4-2-3-5-9-7;1-4(2)5(3)6;3*1-2/h1-8H;2-6H,8H2,1H3;4-5H,6H2,1-3H3;3*1-2H3. The first-order valence-corrected chi connectivity index (χ1v) is 12.2. The molecule has 0 fully saturated rings. The molecular formula is C28H49N5. The zero-order valence-electron chi connectivity index (χ0n) is 22.7. The summed E-state index contributed by atoms with van der Waals surface area (Å²) in [5.74, 6) is 0.630. The van der Waals surface area contributed by atoms with Crippen LogP contribution in [0.3, 0.4) is 0 Å². The monoisotopic (exact) mass is 455 g/mol. The molecule has 0 radical (unpaired) electrons. The van der Waals surface area contributed by atoms with Crippen LogP contribution in [0.2, 0.25) is 0 Å². The number of aromatic nitrogens is 3. The molecule has 0 amide bonds. The molecule has 3 rings (SSSR count). The molecule has 2 unspecified atom stereocenters. The molecule has 0 saturated carbocycles. The van der Waals surface area contributed by atoms with E-state index < -0.39 is 0 Å². The number of nitrogens with zero attached hydrogens (tertiary/aromatic N) is 3. The van der Waals surface area contributed by atoms with Crippen molar-refractivity contribution < 1.29 is 0 Å². The minimum Gasteiger partial charge on any atom is -0.328 e. The molecule has 33 heavy (non-hydrogen) atoms. The van der Waals surface area contributed by atoms with E-state index in [1.54, 1.807) is 18.6 Å². The Morgan fingerprint density at radius 2 is 0.879 bits per heavy atom. The Morgan fingerprint density at radius 1 is 0.545 bits per heavy atom. The fraction of sp³-hybridized carbons (Fsp3) is 0.464. The van der Waals surface area contributed by atoms with Crippen LogP contribution in [0.1, 0.15) is 81.0 Å². The van der Waals surface area contributed by atoms with Crippen molar-refractivity contribution >= 4 is 0 Å². The van der Waals surface area contributed by atoms with Crippen LogP contribution in [0.15, 0.2) is 73.2 Å². The molecule has 5 heteroatoms. The van der Waals surface area contributed by atoms with Crippen molar-refractivity contribution in [3.63, 3.8) is 0 Å². The molecule has 3 aromatic heterocycles. The Hall–Kier alpha value is -2.63. The van der Waals surface area contributed by atoms with Crippen LogP contribution < -0.4 is 11.5 Å². The maximum absolute atomic E-state index is 5.55. The van der Waals surface area contributed by atoms with Gasteiger partial charge in [-0.05, 0) is 56.2 Å². The van der Waals surface area contributed by atoms with Gasteiger partial charge in [0.05, 0.1) is 17.1 Å². The fourth-order valence-electron chi connectivity index (χ4n) is 1.67. The van der Waals surface area contributed by atoms with Gasteiger partial charge in [0.25, 0.3) is 0 Å². The summed E-state index contributed by atoms with van der Waals surface area (Å²) in [6, 6.07) is 17.7. The van der Waals surface area contributed by atoms with Crippen LogP contribution in [0.5, 0.6) is 0 Å². The zero-order valence-corrected chi connectivity index (χ0v) is 22.7.